The van der Waals surface area contributed by atoms with Crippen molar-refractivity contribution in [2.75, 3.05) is 26.1 Å². The Labute approximate surface area is 184 Å². The lowest BCUT2D eigenvalue weighted by Crippen LogP contribution is -2.22. The van der Waals surface area contributed by atoms with Gasteiger partial charge < -0.3 is 14.5 Å². The van der Waals surface area contributed by atoms with E-state index in [0.717, 1.165) is 30.9 Å². The highest BCUT2D eigenvalue weighted by atomic mass is 16.5. The van der Waals surface area contributed by atoms with Crippen molar-refractivity contribution in [1.82, 2.24) is 9.88 Å². The molecule has 0 saturated carbocycles. The Bertz CT molecular complexity index is 1160. The van der Waals surface area contributed by atoms with E-state index in [1.54, 1.807) is 7.11 Å². The van der Waals surface area contributed by atoms with Crippen molar-refractivity contribution in [2.45, 2.75) is 19.6 Å². The van der Waals surface area contributed by atoms with Gasteiger partial charge in [-0.2, -0.15) is 0 Å². The maximum atomic E-state index is 5.44. The largest absolute Gasteiger partial charge is 0.497 e. The Hall–Kier alpha value is -3.37. The third-order valence-corrected chi connectivity index (χ3v) is 5.33. The number of benzene rings is 3. The van der Waals surface area contributed by atoms with Crippen LogP contribution in [0.25, 0.3) is 10.9 Å². The summed E-state index contributed by atoms with van der Waals surface area (Å²) in [7, 11) is 5.91. The Balaban J connectivity index is 1.67. The molecule has 1 heterocycles. The van der Waals surface area contributed by atoms with Gasteiger partial charge in [0.05, 0.1) is 12.6 Å². The molecule has 1 aromatic heterocycles. The summed E-state index contributed by atoms with van der Waals surface area (Å²) in [5.74, 6) is 0.883. The number of nitrogens with zero attached hydrogens (tertiary/aromatic N) is 3. The Kier molecular flexibility index (Phi) is 6.48. The zero-order valence-electron chi connectivity index (χ0n) is 18.5. The molecule has 31 heavy (non-hydrogen) atoms. The first-order valence-corrected chi connectivity index (χ1v) is 10.6. The molecular formula is C27H29N3O. The molecule has 4 nitrogen and oxygen atoms in total. The van der Waals surface area contributed by atoms with Crippen molar-refractivity contribution in [1.29, 1.82) is 0 Å². The van der Waals surface area contributed by atoms with Crippen LogP contribution in [-0.2, 0) is 19.6 Å². The average Bonchev–Trinajstić information content (AvgIpc) is 2.78. The van der Waals surface area contributed by atoms with Gasteiger partial charge in [-0.05, 0) is 67.2 Å². The SMILES string of the molecule is COc1cccc(CN(Cc2ccc3cccnc3c2)c2cccc(CN(C)C)c2)c1. The van der Waals surface area contributed by atoms with E-state index in [0.29, 0.717) is 0 Å². The number of hydrogen-bond acceptors (Lipinski definition) is 4. The van der Waals surface area contributed by atoms with Crippen molar-refractivity contribution in [3.8, 4) is 5.75 Å². The fourth-order valence-corrected chi connectivity index (χ4v) is 3.88. The maximum Gasteiger partial charge on any atom is 0.119 e. The minimum absolute atomic E-state index is 0.795. The number of methoxy groups -OCH3 is 1. The van der Waals surface area contributed by atoms with Crippen molar-refractivity contribution < 1.29 is 4.74 Å². The smallest absolute Gasteiger partial charge is 0.119 e. The van der Waals surface area contributed by atoms with E-state index in [2.05, 4.69) is 95.6 Å². The summed E-state index contributed by atoms with van der Waals surface area (Å²) in [4.78, 5) is 9.14. The number of aromatic nitrogens is 1. The number of fused-ring (bicyclic) bond motifs is 1. The summed E-state index contributed by atoms with van der Waals surface area (Å²) in [6, 6.07) is 27.8. The topological polar surface area (TPSA) is 28.6 Å². The van der Waals surface area contributed by atoms with Crippen molar-refractivity contribution in [2.24, 2.45) is 0 Å². The lowest BCUT2D eigenvalue weighted by atomic mass is 10.1. The van der Waals surface area contributed by atoms with E-state index in [4.69, 9.17) is 4.74 Å². The minimum atomic E-state index is 0.795. The third kappa shape index (κ3) is 5.41. The fourth-order valence-electron chi connectivity index (χ4n) is 3.88. The van der Waals surface area contributed by atoms with Crippen LogP contribution in [0, 0.1) is 0 Å². The molecular weight excluding hydrogens is 382 g/mol. The monoisotopic (exact) mass is 411 g/mol. The third-order valence-electron chi connectivity index (χ3n) is 5.33. The van der Waals surface area contributed by atoms with Crippen molar-refractivity contribution >= 4 is 16.6 Å². The van der Waals surface area contributed by atoms with Gasteiger partial charge in [0, 0.05) is 36.9 Å². The highest BCUT2D eigenvalue weighted by Gasteiger charge is 2.11. The normalized spacial score (nSPS) is 11.1. The lowest BCUT2D eigenvalue weighted by Gasteiger charge is -2.26. The molecule has 3 aromatic carbocycles. The summed E-state index contributed by atoms with van der Waals surface area (Å²) >= 11 is 0. The second-order valence-corrected chi connectivity index (χ2v) is 8.15. The van der Waals surface area contributed by atoms with Gasteiger partial charge in [-0.15, -0.1) is 0 Å². The van der Waals surface area contributed by atoms with Gasteiger partial charge in [0.1, 0.15) is 5.75 Å². The molecule has 158 valence electrons. The molecule has 0 saturated heterocycles. The number of anilines is 1. The molecule has 0 amide bonds. The van der Waals surface area contributed by atoms with E-state index >= 15 is 0 Å². The predicted octanol–water partition coefficient (Wildman–Crippen LogP) is 5.51. The molecule has 0 aliphatic heterocycles. The van der Waals surface area contributed by atoms with Gasteiger partial charge in [0.2, 0.25) is 0 Å². The van der Waals surface area contributed by atoms with Gasteiger partial charge in [-0.1, -0.05) is 42.5 Å². The van der Waals surface area contributed by atoms with Gasteiger partial charge in [-0.3, -0.25) is 4.98 Å². The van der Waals surface area contributed by atoms with Crippen LogP contribution in [0.2, 0.25) is 0 Å². The van der Waals surface area contributed by atoms with Crippen LogP contribution in [0.1, 0.15) is 16.7 Å². The Morgan fingerprint density at radius 1 is 0.742 bits per heavy atom. The molecule has 0 aliphatic rings. The Morgan fingerprint density at radius 3 is 2.26 bits per heavy atom. The van der Waals surface area contributed by atoms with Crippen molar-refractivity contribution in [3.63, 3.8) is 0 Å². The predicted molar refractivity (Wildman–Crippen MR) is 128 cm³/mol. The van der Waals surface area contributed by atoms with Gasteiger partial charge in [0.25, 0.3) is 0 Å². The number of rotatable bonds is 8. The first-order chi connectivity index (χ1) is 15.1. The number of pyridine rings is 1. The van der Waals surface area contributed by atoms with Crippen LogP contribution in [0.5, 0.6) is 5.75 Å². The van der Waals surface area contributed by atoms with Crippen LogP contribution in [0.3, 0.4) is 0 Å². The van der Waals surface area contributed by atoms with Crippen LogP contribution in [0.15, 0.2) is 85.1 Å². The molecule has 0 spiro atoms. The lowest BCUT2D eigenvalue weighted by molar-refractivity contribution is 0.402. The van der Waals surface area contributed by atoms with Gasteiger partial charge in [-0.25, -0.2) is 0 Å². The van der Waals surface area contributed by atoms with Crippen LogP contribution in [-0.4, -0.2) is 31.1 Å². The zero-order chi connectivity index (χ0) is 21.6. The fraction of sp³-hybridized carbons (Fsp3) is 0.222. The van der Waals surface area contributed by atoms with Crippen molar-refractivity contribution in [3.05, 3.63) is 102 Å². The summed E-state index contributed by atoms with van der Waals surface area (Å²) in [5.41, 5.74) is 6.01. The molecule has 0 bridgehead atoms. The highest BCUT2D eigenvalue weighted by molar-refractivity contribution is 5.79. The van der Waals surface area contributed by atoms with Gasteiger partial charge in [0.15, 0.2) is 0 Å². The first-order valence-electron chi connectivity index (χ1n) is 10.6. The number of hydrogen-bond donors (Lipinski definition) is 0. The van der Waals surface area contributed by atoms with E-state index in [-0.39, 0.29) is 0 Å². The van der Waals surface area contributed by atoms with E-state index in [9.17, 15) is 0 Å². The van der Waals surface area contributed by atoms with E-state index < -0.39 is 0 Å². The molecule has 4 heteroatoms. The van der Waals surface area contributed by atoms with E-state index in [1.165, 1.54) is 27.8 Å². The summed E-state index contributed by atoms with van der Waals surface area (Å²) in [5, 5.41) is 1.17. The summed E-state index contributed by atoms with van der Waals surface area (Å²) in [6.07, 6.45) is 1.85. The van der Waals surface area contributed by atoms with Crippen LogP contribution in [0.4, 0.5) is 5.69 Å². The quantitative estimate of drug-likeness (QED) is 0.382. The second kappa shape index (κ2) is 9.63. The molecule has 0 fully saturated rings. The molecule has 0 atom stereocenters. The summed E-state index contributed by atoms with van der Waals surface area (Å²) in [6.45, 7) is 2.51. The molecule has 0 unspecified atom stereocenters. The standard InChI is InChI=1S/C27H29N3O/c1-29(2)18-21-7-4-10-25(15-21)30(19-22-8-5-11-26(16-22)31-3)20-23-12-13-24-9-6-14-28-27(24)17-23/h4-17H,18-20H2,1-3H3. The molecule has 0 aliphatic carbocycles. The zero-order valence-corrected chi connectivity index (χ0v) is 18.5. The molecule has 4 aromatic rings. The average molecular weight is 412 g/mol. The first kappa shape index (κ1) is 20.9. The second-order valence-electron chi connectivity index (χ2n) is 8.15. The van der Waals surface area contributed by atoms with Crippen LogP contribution >= 0.6 is 0 Å². The molecule has 4 rings (SSSR count). The summed E-state index contributed by atoms with van der Waals surface area (Å²) < 4.78 is 5.44. The molecule has 0 radical (unpaired) electrons. The van der Waals surface area contributed by atoms with E-state index in [1.807, 2.05) is 18.3 Å². The van der Waals surface area contributed by atoms with Crippen LogP contribution < -0.4 is 9.64 Å². The highest BCUT2D eigenvalue weighted by Crippen LogP contribution is 2.24. The van der Waals surface area contributed by atoms with Gasteiger partial charge >= 0.3 is 0 Å². The minimum Gasteiger partial charge on any atom is -0.497 e. The molecule has 0 N–H and O–H groups in total. The number of ether oxygens (including phenoxy) is 1. The maximum absolute atomic E-state index is 5.44. The Morgan fingerprint density at radius 2 is 1.48 bits per heavy atom.